The number of amides is 4. The standard InChI is InChI=1S/2C7H7.2C5H5NO2S2.Sn/c2*1-7-5-3-2-4-6-7;2*7-3-1-2-4(8)6(3)5(9)10;/h2*2-6H,1H2;2*1-2H2,(H,9,10);/q;;;;+2/p-2. The van der Waals surface area contributed by atoms with Gasteiger partial charge < -0.3 is 49.7 Å². The van der Waals surface area contributed by atoms with Gasteiger partial charge in [0.15, 0.2) is 0 Å². The fourth-order valence-corrected chi connectivity index (χ4v) is 7.27. The van der Waals surface area contributed by atoms with Gasteiger partial charge in [0.25, 0.3) is 0 Å². The van der Waals surface area contributed by atoms with Crippen LogP contribution in [0, 0.1) is 0 Å². The molecule has 0 aromatic heterocycles. The Bertz CT molecular complexity index is 966. The number of carbonyl (C=O) groups is 4. The number of thiocarbonyl (C=S) groups is 2. The molecule has 0 radical (unpaired) electrons. The van der Waals surface area contributed by atoms with Gasteiger partial charge in [0.1, 0.15) is 0 Å². The Kier molecular flexibility index (Phi) is 12.8. The van der Waals surface area contributed by atoms with Gasteiger partial charge in [-0.15, -0.1) is 0 Å². The minimum absolute atomic E-state index is 0.0625. The van der Waals surface area contributed by atoms with Crippen molar-refractivity contribution in [1.82, 2.24) is 9.80 Å². The quantitative estimate of drug-likeness (QED) is 0.217. The van der Waals surface area contributed by atoms with Crippen molar-refractivity contribution in [2.75, 3.05) is 0 Å². The fraction of sp³-hybridized carbons (Fsp3) is 0.250. The summed E-state index contributed by atoms with van der Waals surface area (Å²) >= 11 is 17.8. The average molecular weight is 649 g/mol. The van der Waals surface area contributed by atoms with Crippen molar-refractivity contribution in [2.45, 2.75) is 34.6 Å². The average Bonchev–Trinajstić information content (AvgIpc) is 3.36. The predicted octanol–water partition coefficient (Wildman–Crippen LogP) is 3.03. The molecule has 0 bridgehead atoms. The van der Waals surface area contributed by atoms with E-state index in [1.807, 2.05) is 0 Å². The van der Waals surface area contributed by atoms with Gasteiger partial charge in [-0.1, -0.05) is 0 Å². The number of rotatable bonds is 4. The number of carbonyl (C=O) groups excluding carboxylic acids is 4. The van der Waals surface area contributed by atoms with E-state index in [0.717, 1.165) is 9.80 Å². The summed E-state index contributed by atoms with van der Waals surface area (Å²) in [6, 6.07) is 21.7. The number of likely N-dealkylation sites (tertiary alicyclic amines) is 2. The molecule has 2 fully saturated rings. The second-order valence-corrected chi connectivity index (χ2v) is 12.9. The Hall–Kier alpha value is -1.86. The number of nitrogens with zero attached hydrogens (tertiary/aromatic N) is 2. The van der Waals surface area contributed by atoms with Gasteiger partial charge in [0, 0.05) is 25.7 Å². The van der Waals surface area contributed by atoms with E-state index in [9.17, 15) is 19.2 Å². The van der Waals surface area contributed by atoms with Gasteiger partial charge in [0.2, 0.25) is 23.6 Å². The van der Waals surface area contributed by atoms with E-state index in [4.69, 9.17) is 0 Å². The molecule has 2 aliphatic rings. The SMILES string of the molecule is O=C1CCC(=O)N1C(=S)[S-].O=C1CCC(=O)N1C(=S)[S-].c1ccc([CH2][Sn+2][CH2]c2ccccc2)cc1. The number of hydrogen-bond acceptors (Lipinski definition) is 8. The first-order chi connectivity index (χ1) is 16.7. The Balaban J connectivity index is 0.000000192. The number of hydrogen-bond donors (Lipinski definition) is 0. The molecule has 0 unspecified atom stereocenters. The summed E-state index contributed by atoms with van der Waals surface area (Å²) in [5, 5.41) is 0. The van der Waals surface area contributed by atoms with Crippen LogP contribution in [0.25, 0.3) is 0 Å². The first-order valence-corrected chi connectivity index (χ1v) is 16.3. The molecule has 11 heteroatoms. The first kappa shape index (κ1) is 29.4. The molecule has 2 heterocycles. The van der Waals surface area contributed by atoms with E-state index in [-0.39, 0.29) is 79.1 Å². The summed E-state index contributed by atoms with van der Waals surface area (Å²) in [5.41, 5.74) is 3.03. The molecule has 2 aromatic rings. The zero-order valence-electron chi connectivity index (χ0n) is 18.7. The summed E-state index contributed by atoms with van der Waals surface area (Å²) < 4.78 is 2.57. The molecule has 0 saturated carbocycles. The van der Waals surface area contributed by atoms with Gasteiger partial charge in [-0.05, 0) is 8.64 Å². The second kappa shape index (κ2) is 15.3. The summed E-state index contributed by atoms with van der Waals surface area (Å²) in [6.07, 6.45) is 0.983. The predicted molar refractivity (Wildman–Crippen MR) is 148 cm³/mol. The first-order valence-electron chi connectivity index (χ1n) is 10.6. The molecular formula is C24H22N2O4S4Sn. The normalized spacial score (nSPS) is 14.5. The molecule has 0 spiro atoms. The van der Waals surface area contributed by atoms with Crippen molar-refractivity contribution in [3.05, 3.63) is 71.8 Å². The summed E-state index contributed by atoms with van der Waals surface area (Å²) in [4.78, 5) is 44.9. The molecule has 0 atom stereocenters. The van der Waals surface area contributed by atoms with Crippen molar-refractivity contribution >= 4 is 103 Å². The Morgan fingerprint density at radius 1 is 0.629 bits per heavy atom. The molecule has 6 nitrogen and oxygen atoms in total. The molecule has 0 N–H and O–H groups in total. The molecule has 2 saturated heterocycles. The van der Waals surface area contributed by atoms with E-state index in [1.54, 1.807) is 0 Å². The van der Waals surface area contributed by atoms with E-state index in [1.165, 1.54) is 20.0 Å². The van der Waals surface area contributed by atoms with Crippen LogP contribution in [0.2, 0.25) is 0 Å². The molecule has 2 aromatic carbocycles. The molecule has 35 heavy (non-hydrogen) atoms. The van der Waals surface area contributed by atoms with Crippen LogP contribution in [0.4, 0.5) is 0 Å². The molecule has 2 aliphatic heterocycles. The number of benzene rings is 2. The van der Waals surface area contributed by atoms with Crippen LogP contribution >= 0.6 is 24.4 Å². The maximum absolute atomic E-state index is 10.8. The van der Waals surface area contributed by atoms with Crippen LogP contribution in [-0.4, -0.2) is 63.2 Å². The van der Waals surface area contributed by atoms with Crippen LogP contribution in [0.15, 0.2) is 60.7 Å². The summed E-state index contributed by atoms with van der Waals surface area (Å²) in [7, 11) is 0. The molecule has 180 valence electrons. The monoisotopic (exact) mass is 650 g/mol. The van der Waals surface area contributed by atoms with Crippen LogP contribution < -0.4 is 0 Å². The van der Waals surface area contributed by atoms with Crippen molar-refractivity contribution in [1.29, 1.82) is 0 Å². The van der Waals surface area contributed by atoms with Gasteiger partial charge >= 0.3 is 102 Å². The molecule has 4 amide bonds. The van der Waals surface area contributed by atoms with Crippen molar-refractivity contribution < 1.29 is 19.2 Å². The van der Waals surface area contributed by atoms with Crippen LogP contribution in [0.1, 0.15) is 36.8 Å². The van der Waals surface area contributed by atoms with Crippen LogP contribution in [0.5, 0.6) is 0 Å². The Morgan fingerprint density at radius 2 is 0.914 bits per heavy atom. The summed E-state index contributed by atoms with van der Waals surface area (Å²) in [5.74, 6) is -1.09. The van der Waals surface area contributed by atoms with Gasteiger partial charge in [-0.3, -0.25) is 29.0 Å². The maximum atomic E-state index is 10.8. The zero-order valence-corrected chi connectivity index (χ0v) is 24.8. The second-order valence-electron chi connectivity index (χ2n) is 7.35. The van der Waals surface area contributed by atoms with Crippen molar-refractivity contribution in [3.63, 3.8) is 0 Å². The van der Waals surface area contributed by atoms with Gasteiger partial charge in [-0.2, -0.15) is 0 Å². The zero-order chi connectivity index (χ0) is 25.8. The minimum atomic E-state index is -0.273. The molecule has 0 aliphatic carbocycles. The molecule has 4 rings (SSSR count). The van der Waals surface area contributed by atoms with Gasteiger partial charge in [-0.25, -0.2) is 0 Å². The van der Waals surface area contributed by atoms with E-state index >= 15 is 0 Å². The number of imide groups is 2. The van der Waals surface area contributed by atoms with Crippen molar-refractivity contribution in [2.24, 2.45) is 0 Å². The molecular weight excluding hydrogens is 627 g/mol. The summed E-state index contributed by atoms with van der Waals surface area (Å²) in [6.45, 7) is 0. The third-order valence-electron chi connectivity index (χ3n) is 4.81. The topological polar surface area (TPSA) is 74.8 Å². The Labute approximate surface area is 236 Å². The van der Waals surface area contributed by atoms with E-state index < -0.39 is 0 Å². The van der Waals surface area contributed by atoms with E-state index in [2.05, 4.69) is 110 Å². The van der Waals surface area contributed by atoms with Crippen LogP contribution in [-0.2, 0) is 53.3 Å². The van der Waals surface area contributed by atoms with Gasteiger partial charge in [0.05, 0.1) is 0 Å². The van der Waals surface area contributed by atoms with Crippen molar-refractivity contribution in [3.8, 4) is 0 Å². The third kappa shape index (κ3) is 9.96. The van der Waals surface area contributed by atoms with Crippen LogP contribution in [0.3, 0.4) is 0 Å². The van der Waals surface area contributed by atoms with E-state index in [0.29, 0.717) is 0 Å². The third-order valence-corrected chi connectivity index (χ3v) is 9.30. The Morgan fingerprint density at radius 3 is 1.14 bits per heavy atom. The fourth-order valence-electron chi connectivity index (χ4n) is 3.10.